The van der Waals surface area contributed by atoms with Gasteiger partial charge in [-0.3, -0.25) is 9.88 Å². The smallest absolute Gasteiger partial charge is 0.119 e. The van der Waals surface area contributed by atoms with Crippen LogP contribution in [0.2, 0.25) is 0 Å². The molecular formula is C19H25N3O2. The molecule has 2 aromatic rings. The molecule has 0 aliphatic carbocycles. The number of piperidine rings is 1. The molecule has 0 saturated carbocycles. The number of nitrogens with one attached hydrogen (secondary N) is 1. The number of ether oxygens (including phenoxy) is 1. The Labute approximate surface area is 143 Å². The minimum absolute atomic E-state index is 0.0398. The van der Waals surface area contributed by atoms with Crippen LogP contribution in [0.4, 0.5) is 5.69 Å². The molecule has 24 heavy (non-hydrogen) atoms. The Bertz CT molecular complexity index is 596. The highest BCUT2D eigenvalue weighted by molar-refractivity contribution is 5.47. The molecule has 128 valence electrons. The number of aliphatic hydroxyl groups excluding tert-OH is 1. The second-order valence-corrected chi connectivity index (χ2v) is 6.15. The van der Waals surface area contributed by atoms with Crippen LogP contribution in [-0.2, 0) is 6.54 Å². The molecule has 0 amide bonds. The van der Waals surface area contributed by atoms with Gasteiger partial charge in [0.05, 0.1) is 6.61 Å². The predicted octanol–water partition coefficient (Wildman–Crippen LogP) is 2.53. The summed E-state index contributed by atoms with van der Waals surface area (Å²) in [6.45, 7) is 3.60. The van der Waals surface area contributed by atoms with E-state index in [1.807, 2.05) is 36.7 Å². The van der Waals surface area contributed by atoms with E-state index in [0.29, 0.717) is 12.6 Å². The Morgan fingerprint density at radius 3 is 2.46 bits per heavy atom. The van der Waals surface area contributed by atoms with Crippen LogP contribution in [0.5, 0.6) is 5.75 Å². The van der Waals surface area contributed by atoms with Crippen molar-refractivity contribution in [3.05, 3.63) is 54.4 Å². The van der Waals surface area contributed by atoms with E-state index in [1.54, 1.807) is 0 Å². The third-order valence-corrected chi connectivity index (χ3v) is 4.33. The Balaban J connectivity index is 1.43. The number of pyridine rings is 1. The van der Waals surface area contributed by atoms with E-state index in [1.165, 1.54) is 5.56 Å². The van der Waals surface area contributed by atoms with Crippen LogP contribution in [0.1, 0.15) is 18.4 Å². The molecule has 0 bridgehead atoms. The van der Waals surface area contributed by atoms with Crippen molar-refractivity contribution < 1.29 is 9.84 Å². The molecule has 1 aromatic heterocycles. The van der Waals surface area contributed by atoms with Crippen molar-refractivity contribution in [1.82, 2.24) is 9.88 Å². The summed E-state index contributed by atoms with van der Waals surface area (Å²) >= 11 is 0. The number of aromatic nitrogens is 1. The van der Waals surface area contributed by atoms with Crippen molar-refractivity contribution in [2.24, 2.45) is 0 Å². The maximum Gasteiger partial charge on any atom is 0.119 e. The third-order valence-electron chi connectivity index (χ3n) is 4.33. The van der Waals surface area contributed by atoms with E-state index < -0.39 is 0 Å². The van der Waals surface area contributed by atoms with Gasteiger partial charge in [-0.1, -0.05) is 0 Å². The Kier molecular flexibility index (Phi) is 6.04. The molecule has 0 unspecified atom stereocenters. The average molecular weight is 327 g/mol. The summed E-state index contributed by atoms with van der Waals surface area (Å²) in [4.78, 5) is 6.57. The summed E-state index contributed by atoms with van der Waals surface area (Å²) < 4.78 is 5.38. The molecule has 1 fully saturated rings. The fraction of sp³-hybridized carbons (Fsp3) is 0.421. The van der Waals surface area contributed by atoms with Gasteiger partial charge >= 0.3 is 0 Å². The van der Waals surface area contributed by atoms with Crippen LogP contribution in [0.25, 0.3) is 0 Å². The lowest BCUT2D eigenvalue weighted by atomic mass is 10.0. The van der Waals surface area contributed by atoms with E-state index in [-0.39, 0.29) is 6.61 Å². The van der Waals surface area contributed by atoms with Crippen molar-refractivity contribution in [2.45, 2.75) is 25.4 Å². The van der Waals surface area contributed by atoms with Crippen molar-refractivity contribution in [3.8, 4) is 5.75 Å². The van der Waals surface area contributed by atoms with Crippen molar-refractivity contribution >= 4 is 5.69 Å². The number of benzene rings is 1. The fourth-order valence-electron chi connectivity index (χ4n) is 3.03. The average Bonchev–Trinajstić information content (AvgIpc) is 2.64. The summed E-state index contributed by atoms with van der Waals surface area (Å²) in [5, 5.41) is 12.4. The predicted molar refractivity (Wildman–Crippen MR) is 95.2 cm³/mol. The van der Waals surface area contributed by atoms with Gasteiger partial charge in [-0.05, 0) is 54.8 Å². The van der Waals surface area contributed by atoms with Gasteiger partial charge in [0.15, 0.2) is 0 Å². The molecule has 0 spiro atoms. The second kappa shape index (κ2) is 8.66. The molecule has 0 radical (unpaired) electrons. The van der Waals surface area contributed by atoms with Crippen LogP contribution in [0.3, 0.4) is 0 Å². The van der Waals surface area contributed by atoms with E-state index in [0.717, 1.165) is 43.9 Å². The van der Waals surface area contributed by atoms with Gasteiger partial charge in [0.2, 0.25) is 0 Å². The highest BCUT2D eigenvalue weighted by Crippen LogP contribution is 2.20. The van der Waals surface area contributed by atoms with Crippen LogP contribution in [0.15, 0.2) is 48.8 Å². The minimum atomic E-state index is 0.0398. The molecule has 3 rings (SSSR count). The zero-order valence-corrected chi connectivity index (χ0v) is 13.9. The Morgan fingerprint density at radius 1 is 1.08 bits per heavy atom. The van der Waals surface area contributed by atoms with Crippen LogP contribution >= 0.6 is 0 Å². The largest absolute Gasteiger partial charge is 0.491 e. The van der Waals surface area contributed by atoms with E-state index in [4.69, 9.17) is 9.84 Å². The van der Waals surface area contributed by atoms with Gasteiger partial charge in [-0.25, -0.2) is 0 Å². The highest BCUT2D eigenvalue weighted by atomic mass is 16.5. The molecule has 5 heteroatoms. The number of hydrogen-bond acceptors (Lipinski definition) is 5. The summed E-state index contributed by atoms with van der Waals surface area (Å²) in [6, 6.07) is 12.7. The molecule has 2 heterocycles. The molecule has 1 aliphatic rings. The zero-order valence-electron chi connectivity index (χ0n) is 13.9. The number of hydrogen-bond donors (Lipinski definition) is 2. The van der Waals surface area contributed by atoms with Gasteiger partial charge < -0.3 is 15.2 Å². The van der Waals surface area contributed by atoms with Gasteiger partial charge in [0.25, 0.3) is 0 Å². The lowest BCUT2D eigenvalue weighted by Crippen LogP contribution is -2.38. The first-order valence-electron chi connectivity index (χ1n) is 8.55. The summed E-state index contributed by atoms with van der Waals surface area (Å²) in [6.07, 6.45) is 6.01. The first kappa shape index (κ1) is 16.7. The minimum Gasteiger partial charge on any atom is -0.491 e. The van der Waals surface area contributed by atoms with Gasteiger partial charge in [-0.15, -0.1) is 0 Å². The maximum absolute atomic E-state index is 8.77. The highest BCUT2D eigenvalue weighted by Gasteiger charge is 2.19. The number of anilines is 1. The topological polar surface area (TPSA) is 57.6 Å². The van der Waals surface area contributed by atoms with E-state index in [9.17, 15) is 0 Å². The Morgan fingerprint density at radius 2 is 1.79 bits per heavy atom. The lowest BCUT2D eigenvalue weighted by molar-refractivity contribution is 0.201. The first-order chi connectivity index (χ1) is 11.8. The van der Waals surface area contributed by atoms with Crippen LogP contribution in [-0.4, -0.2) is 47.3 Å². The first-order valence-corrected chi connectivity index (χ1v) is 8.55. The van der Waals surface area contributed by atoms with Crippen molar-refractivity contribution in [3.63, 3.8) is 0 Å². The normalized spacial score (nSPS) is 16.0. The number of rotatable bonds is 7. The fourth-order valence-corrected chi connectivity index (χ4v) is 3.03. The lowest BCUT2D eigenvalue weighted by Gasteiger charge is -2.32. The summed E-state index contributed by atoms with van der Waals surface area (Å²) in [5.74, 6) is 0.793. The standard InChI is InChI=1S/C19H25N3O2/c23-13-14-24-19-3-1-17(2-4-19)21-18-7-11-22(12-8-18)15-16-5-9-20-10-6-16/h1-6,9-10,18,21,23H,7-8,11-15H2. The molecule has 2 N–H and O–H groups in total. The number of nitrogens with zero attached hydrogens (tertiary/aromatic N) is 2. The van der Waals surface area contributed by atoms with Crippen molar-refractivity contribution in [1.29, 1.82) is 0 Å². The zero-order chi connectivity index (χ0) is 16.6. The molecule has 5 nitrogen and oxygen atoms in total. The summed E-state index contributed by atoms with van der Waals surface area (Å²) in [7, 11) is 0. The van der Waals surface area contributed by atoms with Gasteiger partial charge in [-0.2, -0.15) is 0 Å². The molecule has 1 aromatic carbocycles. The van der Waals surface area contributed by atoms with Gasteiger partial charge in [0, 0.05) is 43.8 Å². The monoisotopic (exact) mass is 327 g/mol. The second-order valence-electron chi connectivity index (χ2n) is 6.15. The molecule has 1 saturated heterocycles. The maximum atomic E-state index is 8.77. The number of aliphatic hydroxyl groups is 1. The third kappa shape index (κ3) is 4.94. The molecular weight excluding hydrogens is 302 g/mol. The Hall–Kier alpha value is -2.11. The molecule has 1 aliphatic heterocycles. The van der Waals surface area contributed by atoms with Gasteiger partial charge in [0.1, 0.15) is 12.4 Å². The van der Waals surface area contributed by atoms with Crippen LogP contribution < -0.4 is 10.1 Å². The van der Waals surface area contributed by atoms with Crippen LogP contribution in [0, 0.1) is 0 Å². The summed E-state index contributed by atoms with van der Waals surface area (Å²) in [5.41, 5.74) is 2.45. The van der Waals surface area contributed by atoms with Crippen molar-refractivity contribution in [2.75, 3.05) is 31.6 Å². The van der Waals surface area contributed by atoms with E-state index in [2.05, 4.69) is 27.3 Å². The molecule has 0 atom stereocenters. The van der Waals surface area contributed by atoms with E-state index >= 15 is 0 Å². The SMILES string of the molecule is OCCOc1ccc(NC2CCN(Cc3ccncc3)CC2)cc1. The number of likely N-dealkylation sites (tertiary alicyclic amines) is 1. The quantitative estimate of drug-likeness (QED) is 0.818.